The van der Waals surface area contributed by atoms with Crippen molar-refractivity contribution in [3.63, 3.8) is 0 Å². The molecule has 6 heteroatoms. The number of ether oxygens (including phenoxy) is 1. The van der Waals surface area contributed by atoms with Crippen molar-refractivity contribution >= 4 is 16.8 Å². The summed E-state index contributed by atoms with van der Waals surface area (Å²) >= 11 is 0. The number of fused-ring (bicyclic) bond motifs is 3. The number of aromatic amines is 1. The van der Waals surface area contributed by atoms with Crippen LogP contribution < -0.4 is 5.32 Å². The Morgan fingerprint density at radius 2 is 2.08 bits per heavy atom. The number of nitrogens with zero attached hydrogens (tertiary/aromatic N) is 3. The summed E-state index contributed by atoms with van der Waals surface area (Å²) in [7, 11) is 0. The first-order valence-electron chi connectivity index (χ1n) is 9.45. The molecule has 6 nitrogen and oxygen atoms in total. The van der Waals surface area contributed by atoms with Crippen LogP contribution in [0.4, 0.5) is 0 Å². The Morgan fingerprint density at radius 3 is 2.92 bits per heavy atom. The second-order valence-electron chi connectivity index (χ2n) is 7.56. The monoisotopic (exact) mass is 339 g/mol. The van der Waals surface area contributed by atoms with E-state index in [9.17, 15) is 0 Å². The van der Waals surface area contributed by atoms with Crippen LogP contribution in [-0.2, 0) is 4.74 Å². The van der Waals surface area contributed by atoms with E-state index in [-0.39, 0.29) is 0 Å². The summed E-state index contributed by atoms with van der Waals surface area (Å²) in [6, 6.07) is 0.562. The highest BCUT2D eigenvalue weighted by atomic mass is 16.5. The lowest BCUT2D eigenvalue weighted by atomic mass is 9.91. The fourth-order valence-electron chi connectivity index (χ4n) is 4.49. The second-order valence-corrected chi connectivity index (χ2v) is 7.56. The molecule has 5 heterocycles. The summed E-state index contributed by atoms with van der Waals surface area (Å²) in [5.74, 6) is 1.08. The first kappa shape index (κ1) is 15.3. The summed E-state index contributed by atoms with van der Waals surface area (Å²) in [6.45, 7) is 5.04. The summed E-state index contributed by atoms with van der Waals surface area (Å²) in [6.07, 6.45) is 10.7. The zero-order chi connectivity index (χ0) is 16.8. The van der Waals surface area contributed by atoms with E-state index in [1.54, 1.807) is 0 Å². The topological polar surface area (TPSA) is 67.2 Å². The van der Waals surface area contributed by atoms with Crippen LogP contribution in [0.5, 0.6) is 0 Å². The van der Waals surface area contributed by atoms with E-state index in [0.29, 0.717) is 17.9 Å². The van der Waals surface area contributed by atoms with Crippen molar-refractivity contribution in [1.29, 1.82) is 0 Å². The van der Waals surface area contributed by atoms with E-state index in [1.807, 2.05) is 6.20 Å². The quantitative estimate of drug-likeness (QED) is 0.753. The molecule has 2 atom stereocenters. The molecule has 5 rings (SSSR count). The highest BCUT2D eigenvalue weighted by molar-refractivity contribution is 5.79. The van der Waals surface area contributed by atoms with Gasteiger partial charge < -0.3 is 15.0 Å². The summed E-state index contributed by atoms with van der Waals surface area (Å²) < 4.78 is 7.80. The van der Waals surface area contributed by atoms with Crippen LogP contribution in [0.3, 0.4) is 0 Å². The Labute approximate surface area is 147 Å². The van der Waals surface area contributed by atoms with Gasteiger partial charge >= 0.3 is 0 Å². The number of aromatic nitrogens is 4. The highest BCUT2D eigenvalue weighted by Crippen LogP contribution is 2.33. The van der Waals surface area contributed by atoms with Gasteiger partial charge in [0.05, 0.1) is 17.4 Å². The van der Waals surface area contributed by atoms with Gasteiger partial charge in [0.25, 0.3) is 0 Å². The number of hydrogen-bond acceptors (Lipinski definition) is 4. The predicted octanol–water partition coefficient (Wildman–Crippen LogP) is 2.96. The molecule has 3 aromatic heterocycles. The number of H-pyrrole nitrogens is 1. The van der Waals surface area contributed by atoms with Crippen molar-refractivity contribution in [3.8, 4) is 0 Å². The lowest BCUT2D eigenvalue weighted by molar-refractivity contribution is 0.0856. The normalized spacial score (nSPS) is 25.8. The highest BCUT2D eigenvalue weighted by Gasteiger charge is 2.25. The minimum absolute atomic E-state index is 0.539. The van der Waals surface area contributed by atoms with Crippen molar-refractivity contribution in [2.75, 3.05) is 19.8 Å². The van der Waals surface area contributed by atoms with Gasteiger partial charge in [0, 0.05) is 37.6 Å². The van der Waals surface area contributed by atoms with E-state index < -0.39 is 0 Å². The standard InChI is InChI=1S/C19H25N5O/c1-12-8-14(2-5-20-12)16-11-24-17(23-16)10-22-19-18(24)15(9-21-19)13-3-6-25-7-4-13/h9-14,20-21H,2-8H2,1H3. The Balaban J connectivity index is 1.60. The average molecular weight is 339 g/mol. The van der Waals surface area contributed by atoms with Gasteiger partial charge in [-0.15, -0.1) is 0 Å². The van der Waals surface area contributed by atoms with E-state index in [2.05, 4.69) is 39.0 Å². The molecule has 2 fully saturated rings. The molecule has 0 saturated carbocycles. The van der Waals surface area contributed by atoms with Gasteiger partial charge in [0.15, 0.2) is 11.3 Å². The summed E-state index contributed by atoms with van der Waals surface area (Å²) in [4.78, 5) is 12.9. The van der Waals surface area contributed by atoms with Gasteiger partial charge in [-0.1, -0.05) is 0 Å². The van der Waals surface area contributed by atoms with Crippen LogP contribution in [0.25, 0.3) is 16.8 Å². The molecule has 0 aliphatic carbocycles. The third kappa shape index (κ3) is 2.64. The van der Waals surface area contributed by atoms with Crippen LogP contribution in [-0.4, -0.2) is 45.2 Å². The molecule has 3 aromatic rings. The zero-order valence-corrected chi connectivity index (χ0v) is 14.7. The van der Waals surface area contributed by atoms with Gasteiger partial charge in [-0.3, -0.25) is 4.40 Å². The van der Waals surface area contributed by atoms with Crippen LogP contribution in [0.2, 0.25) is 0 Å². The fourth-order valence-corrected chi connectivity index (χ4v) is 4.49. The van der Waals surface area contributed by atoms with Crippen molar-refractivity contribution in [1.82, 2.24) is 24.7 Å². The molecule has 0 spiro atoms. The molecule has 2 saturated heterocycles. The maximum Gasteiger partial charge on any atom is 0.156 e. The number of imidazole rings is 1. The first-order chi connectivity index (χ1) is 12.3. The molecule has 0 radical (unpaired) electrons. The molecule has 2 N–H and O–H groups in total. The number of piperidine rings is 1. The van der Waals surface area contributed by atoms with Crippen LogP contribution in [0.15, 0.2) is 18.6 Å². The summed E-state index contributed by atoms with van der Waals surface area (Å²) in [5, 5.41) is 3.53. The number of rotatable bonds is 2. The molecule has 0 aromatic carbocycles. The maximum atomic E-state index is 5.54. The first-order valence-corrected chi connectivity index (χ1v) is 9.45. The van der Waals surface area contributed by atoms with Gasteiger partial charge in [-0.25, -0.2) is 9.97 Å². The Kier molecular flexibility index (Phi) is 3.75. The van der Waals surface area contributed by atoms with Gasteiger partial charge in [-0.2, -0.15) is 0 Å². The van der Waals surface area contributed by atoms with Gasteiger partial charge in [0.2, 0.25) is 0 Å². The predicted molar refractivity (Wildman–Crippen MR) is 97.1 cm³/mol. The fraction of sp³-hybridized carbons (Fsp3) is 0.579. The van der Waals surface area contributed by atoms with Crippen LogP contribution in [0, 0.1) is 0 Å². The minimum Gasteiger partial charge on any atom is -0.381 e. The third-order valence-corrected chi connectivity index (χ3v) is 5.87. The van der Waals surface area contributed by atoms with E-state index in [4.69, 9.17) is 9.72 Å². The molecular weight excluding hydrogens is 314 g/mol. The van der Waals surface area contributed by atoms with Crippen molar-refractivity contribution in [2.24, 2.45) is 0 Å². The van der Waals surface area contributed by atoms with Crippen LogP contribution in [0.1, 0.15) is 55.7 Å². The van der Waals surface area contributed by atoms with Gasteiger partial charge in [-0.05, 0) is 50.6 Å². The smallest absolute Gasteiger partial charge is 0.156 e. The Morgan fingerprint density at radius 1 is 1.20 bits per heavy atom. The van der Waals surface area contributed by atoms with Crippen molar-refractivity contribution < 1.29 is 4.74 Å². The lowest BCUT2D eigenvalue weighted by Crippen LogP contribution is -2.34. The molecule has 2 aliphatic heterocycles. The van der Waals surface area contributed by atoms with E-state index >= 15 is 0 Å². The number of hydrogen-bond donors (Lipinski definition) is 2. The number of nitrogens with one attached hydrogen (secondary N) is 2. The molecule has 0 bridgehead atoms. The minimum atomic E-state index is 0.539. The van der Waals surface area contributed by atoms with Crippen LogP contribution >= 0.6 is 0 Å². The maximum absolute atomic E-state index is 5.54. The summed E-state index contributed by atoms with van der Waals surface area (Å²) in [5.41, 5.74) is 5.68. The Bertz CT molecular complexity index is 892. The average Bonchev–Trinajstić information content (AvgIpc) is 3.26. The zero-order valence-electron chi connectivity index (χ0n) is 14.7. The van der Waals surface area contributed by atoms with E-state index in [1.165, 1.54) is 16.8 Å². The molecule has 2 unspecified atom stereocenters. The largest absolute Gasteiger partial charge is 0.381 e. The third-order valence-electron chi connectivity index (χ3n) is 5.87. The molecule has 132 valence electrons. The van der Waals surface area contributed by atoms with E-state index in [0.717, 1.165) is 56.7 Å². The van der Waals surface area contributed by atoms with Crippen molar-refractivity contribution in [2.45, 2.75) is 50.5 Å². The second kappa shape index (κ2) is 6.11. The molecule has 0 amide bonds. The Hall–Kier alpha value is -1.92. The molecule has 2 aliphatic rings. The molecular formula is C19H25N5O. The van der Waals surface area contributed by atoms with Crippen molar-refractivity contribution in [3.05, 3.63) is 29.8 Å². The molecule has 25 heavy (non-hydrogen) atoms. The lowest BCUT2D eigenvalue weighted by Gasteiger charge is -2.26. The SMILES string of the molecule is CC1CC(c2cn3c(cnc4[nH]cc(C5CCOCC5)c43)n2)CCN1. The van der Waals surface area contributed by atoms with Gasteiger partial charge in [0.1, 0.15) is 0 Å².